The van der Waals surface area contributed by atoms with Gasteiger partial charge in [0.1, 0.15) is 0 Å². The fourth-order valence-corrected chi connectivity index (χ4v) is 3.94. The Morgan fingerprint density at radius 2 is 1.72 bits per heavy atom. The van der Waals surface area contributed by atoms with Gasteiger partial charge in [0.05, 0.1) is 29.1 Å². The fraction of sp³-hybridized carbons (Fsp3) is 0.471. The Morgan fingerprint density at radius 3 is 2.16 bits per heavy atom. The van der Waals surface area contributed by atoms with Gasteiger partial charge in [-0.1, -0.05) is 13.8 Å². The molecule has 0 spiro atoms. The standard InChI is InChI=1S/C17H22BrN3O4/c1-8(2)16-9(3)20(11(5)23)15-7-13(19-10(4)22)12(18)6-14(15)21(16)17(24)25/h6-9,16H,1-5H3,(H,19,22)(H,24,25). The molecule has 7 nitrogen and oxygen atoms in total. The zero-order valence-corrected chi connectivity index (χ0v) is 16.4. The van der Waals surface area contributed by atoms with Gasteiger partial charge in [0.25, 0.3) is 0 Å². The Balaban J connectivity index is 2.75. The lowest BCUT2D eigenvalue weighted by atomic mass is 9.90. The average molecular weight is 412 g/mol. The van der Waals surface area contributed by atoms with Gasteiger partial charge < -0.3 is 15.3 Å². The van der Waals surface area contributed by atoms with Gasteiger partial charge in [-0.3, -0.25) is 14.5 Å². The van der Waals surface area contributed by atoms with Gasteiger partial charge in [-0.05, 0) is 40.9 Å². The van der Waals surface area contributed by atoms with Crippen molar-refractivity contribution in [2.45, 2.75) is 46.7 Å². The third kappa shape index (κ3) is 3.49. The lowest BCUT2D eigenvalue weighted by Gasteiger charge is -2.47. The number of carboxylic acid groups (broad SMARTS) is 1. The minimum Gasteiger partial charge on any atom is -0.465 e. The fourth-order valence-electron chi connectivity index (χ4n) is 3.51. The van der Waals surface area contributed by atoms with E-state index in [9.17, 15) is 19.5 Å². The topological polar surface area (TPSA) is 89.9 Å². The zero-order valence-electron chi connectivity index (χ0n) is 14.8. The molecule has 136 valence electrons. The molecule has 1 aromatic rings. The predicted octanol–water partition coefficient (Wildman–Crippen LogP) is 3.67. The summed E-state index contributed by atoms with van der Waals surface area (Å²) in [6.45, 7) is 8.54. The van der Waals surface area contributed by atoms with Crippen LogP contribution >= 0.6 is 15.9 Å². The third-order valence-electron chi connectivity index (χ3n) is 4.32. The van der Waals surface area contributed by atoms with Crippen molar-refractivity contribution in [1.29, 1.82) is 0 Å². The summed E-state index contributed by atoms with van der Waals surface area (Å²) in [6.07, 6.45) is -1.07. The first-order chi connectivity index (χ1) is 11.6. The summed E-state index contributed by atoms with van der Waals surface area (Å²) < 4.78 is 0.549. The maximum atomic E-state index is 12.3. The normalized spacial score (nSPS) is 19.6. The van der Waals surface area contributed by atoms with E-state index in [1.165, 1.54) is 18.7 Å². The molecule has 2 N–H and O–H groups in total. The van der Waals surface area contributed by atoms with Gasteiger partial charge in [-0.15, -0.1) is 0 Å². The molecule has 0 saturated heterocycles. The SMILES string of the molecule is CC(=O)Nc1cc2c(cc1Br)N(C(=O)O)C(C(C)C)C(C)N2C(C)=O. The Bertz CT molecular complexity index is 735. The first-order valence-electron chi connectivity index (χ1n) is 7.99. The summed E-state index contributed by atoms with van der Waals surface area (Å²) in [7, 11) is 0. The van der Waals surface area contributed by atoms with Gasteiger partial charge in [0.15, 0.2) is 0 Å². The average Bonchev–Trinajstić information content (AvgIpc) is 2.45. The number of hydrogen-bond acceptors (Lipinski definition) is 3. The maximum absolute atomic E-state index is 12.3. The van der Waals surface area contributed by atoms with Crippen LogP contribution in [0.25, 0.3) is 0 Å². The molecule has 1 aromatic carbocycles. The largest absolute Gasteiger partial charge is 0.465 e. The van der Waals surface area contributed by atoms with Crippen LogP contribution in [0, 0.1) is 5.92 Å². The number of hydrogen-bond donors (Lipinski definition) is 2. The smallest absolute Gasteiger partial charge is 0.412 e. The van der Waals surface area contributed by atoms with Crippen molar-refractivity contribution in [3.05, 3.63) is 16.6 Å². The molecule has 0 saturated carbocycles. The second-order valence-corrected chi connectivity index (χ2v) is 7.37. The first-order valence-corrected chi connectivity index (χ1v) is 8.78. The van der Waals surface area contributed by atoms with E-state index in [4.69, 9.17) is 0 Å². The number of carbonyl (C=O) groups excluding carboxylic acids is 2. The lowest BCUT2D eigenvalue weighted by Crippen LogP contribution is -2.60. The molecular formula is C17H22BrN3O4. The molecule has 2 atom stereocenters. The molecule has 0 aromatic heterocycles. The van der Waals surface area contributed by atoms with E-state index >= 15 is 0 Å². The number of amides is 3. The Morgan fingerprint density at radius 1 is 1.16 bits per heavy atom. The molecule has 8 heteroatoms. The van der Waals surface area contributed by atoms with Crippen LogP contribution in [0.4, 0.5) is 21.9 Å². The van der Waals surface area contributed by atoms with Crippen LogP contribution in [0.2, 0.25) is 0 Å². The van der Waals surface area contributed by atoms with E-state index in [0.717, 1.165) is 0 Å². The van der Waals surface area contributed by atoms with Crippen molar-refractivity contribution in [3.63, 3.8) is 0 Å². The monoisotopic (exact) mass is 411 g/mol. The molecular weight excluding hydrogens is 390 g/mol. The highest BCUT2D eigenvalue weighted by atomic mass is 79.9. The van der Waals surface area contributed by atoms with Crippen LogP contribution in [0.1, 0.15) is 34.6 Å². The van der Waals surface area contributed by atoms with E-state index in [1.807, 2.05) is 20.8 Å². The van der Waals surface area contributed by atoms with E-state index in [0.29, 0.717) is 21.5 Å². The highest BCUT2D eigenvalue weighted by Crippen LogP contribution is 2.44. The van der Waals surface area contributed by atoms with E-state index in [2.05, 4.69) is 21.2 Å². The Hall–Kier alpha value is -2.09. The molecule has 3 amide bonds. The van der Waals surface area contributed by atoms with Crippen molar-refractivity contribution in [3.8, 4) is 0 Å². The molecule has 2 unspecified atom stereocenters. The number of fused-ring (bicyclic) bond motifs is 1. The second-order valence-electron chi connectivity index (χ2n) is 6.52. The van der Waals surface area contributed by atoms with Gasteiger partial charge in [0, 0.05) is 18.3 Å². The maximum Gasteiger partial charge on any atom is 0.412 e. The summed E-state index contributed by atoms with van der Waals surface area (Å²) >= 11 is 3.37. The third-order valence-corrected chi connectivity index (χ3v) is 4.98. The number of nitrogens with zero attached hydrogens (tertiary/aromatic N) is 2. The number of anilines is 3. The number of benzene rings is 1. The molecule has 0 bridgehead atoms. The zero-order chi connectivity index (χ0) is 19.0. The predicted molar refractivity (Wildman–Crippen MR) is 100 cm³/mol. The summed E-state index contributed by atoms with van der Waals surface area (Å²) in [5.41, 5.74) is 1.37. The second kappa shape index (κ2) is 7.03. The van der Waals surface area contributed by atoms with Crippen molar-refractivity contribution in [2.24, 2.45) is 5.92 Å². The van der Waals surface area contributed by atoms with E-state index < -0.39 is 6.09 Å². The lowest BCUT2D eigenvalue weighted by molar-refractivity contribution is -0.117. The Labute approximate surface area is 155 Å². The van der Waals surface area contributed by atoms with Crippen LogP contribution in [0.3, 0.4) is 0 Å². The minimum absolute atomic E-state index is 0.00916. The first kappa shape index (κ1) is 19.2. The highest BCUT2D eigenvalue weighted by Gasteiger charge is 2.43. The molecule has 25 heavy (non-hydrogen) atoms. The summed E-state index contributed by atoms with van der Waals surface area (Å²) in [4.78, 5) is 38.6. The summed E-state index contributed by atoms with van der Waals surface area (Å²) in [5, 5.41) is 12.5. The van der Waals surface area contributed by atoms with Crippen molar-refractivity contribution in [2.75, 3.05) is 15.1 Å². The van der Waals surface area contributed by atoms with Crippen LogP contribution in [-0.2, 0) is 9.59 Å². The summed E-state index contributed by atoms with van der Waals surface area (Å²) in [5.74, 6) is -0.426. The molecule has 1 aliphatic rings. The molecule has 0 aliphatic carbocycles. The van der Waals surface area contributed by atoms with Crippen LogP contribution in [0.15, 0.2) is 16.6 Å². The van der Waals surface area contributed by atoms with Crippen molar-refractivity contribution in [1.82, 2.24) is 0 Å². The molecule has 1 heterocycles. The molecule has 1 aliphatic heterocycles. The van der Waals surface area contributed by atoms with Gasteiger partial charge in [-0.2, -0.15) is 0 Å². The van der Waals surface area contributed by atoms with Crippen molar-refractivity contribution < 1.29 is 19.5 Å². The van der Waals surface area contributed by atoms with Crippen LogP contribution in [-0.4, -0.2) is 35.1 Å². The number of carbonyl (C=O) groups is 3. The quantitative estimate of drug-likeness (QED) is 0.776. The minimum atomic E-state index is -1.07. The number of halogens is 1. The number of nitrogens with one attached hydrogen (secondary N) is 1. The van der Waals surface area contributed by atoms with Gasteiger partial charge in [-0.25, -0.2) is 4.79 Å². The van der Waals surface area contributed by atoms with Crippen LogP contribution in [0.5, 0.6) is 0 Å². The molecule has 0 radical (unpaired) electrons. The van der Waals surface area contributed by atoms with Crippen molar-refractivity contribution >= 4 is 50.9 Å². The summed E-state index contributed by atoms with van der Waals surface area (Å²) in [6, 6.07) is 2.54. The van der Waals surface area contributed by atoms with E-state index in [-0.39, 0.29) is 29.8 Å². The Kier molecular flexibility index (Phi) is 5.41. The van der Waals surface area contributed by atoms with Gasteiger partial charge >= 0.3 is 6.09 Å². The van der Waals surface area contributed by atoms with Gasteiger partial charge in [0.2, 0.25) is 11.8 Å². The van der Waals surface area contributed by atoms with E-state index in [1.54, 1.807) is 17.0 Å². The number of rotatable bonds is 2. The molecule has 2 rings (SSSR count). The van der Waals surface area contributed by atoms with Crippen LogP contribution < -0.4 is 15.1 Å². The highest BCUT2D eigenvalue weighted by molar-refractivity contribution is 9.10. The molecule has 0 fully saturated rings.